The van der Waals surface area contributed by atoms with E-state index in [1.165, 1.54) is 23.4 Å². The van der Waals surface area contributed by atoms with Crippen LogP contribution in [0.4, 0.5) is 0 Å². The Balaban J connectivity index is 1.54. The number of Topliss-reactive ketones (excluding diaryl/α,β-unsaturated/α-hetero) is 1. The summed E-state index contributed by atoms with van der Waals surface area (Å²) in [6.45, 7) is 4.34. The van der Waals surface area contributed by atoms with Crippen LogP contribution in [0, 0.1) is 6.92 Å². The lowest BCUT2D eigenvalue weighted by molar-refractivity contribution is 0.0319. The minimum absolute atomic E-state index is 0.0458. The number of benzene rings is 2. The summed E-state index contributed by atoms with van der Waals surface area (Å²) in [6.07, 6.45) is 0.554. The van der Waals surface area contributed by atoms with Gasteiger partial charge in [-0.1, -0.05) is 24.3 Å². The summed E-state index contributed by atoms with van der Waals surface area (Å²) in [7, 11) is -3.78. The van der Waals surface area contributed by atoms with Gasteiger partial charge in [-0.05, 0) is 37.6 Å². The Morgan fingerprint density at radius 3 is 2.59 bits per heavy atom. The van der Waals surface area contributed by atoms with E-state index in [0.717, 1.165) is 10.9 Å². The molecule has 0 amide bonds. The molecule has 4 rings (SSSR count). The Morgan fingerprint density at radius 1 is 1.12 bits per heavy atom. The largest absolute Gasteiger partial charge is 0.451 e. The van der Waals surface area contributed by atoms with Gasteiger partial charge in [-0.25, -0.2) is 13.2 Å². The second-order valence-electron chi connectivity index (χ2n) is 7.66. The van der Waals surface area contributed by atoms with Crippen LogP contribution >= 0.6 is 0 Å². The van der Waals surface area contributed by atoms with Crippen LogP contribution < -0.4 is 0 Å². The van der Waals surface area contributed by atoms with Crippen molar-refractivity contribution in [2.75, 3.05) is 26.3 Å². The molecule has 2 heterocycles. The number of fused-ring (bicyclic) bond motifs is 1. The number of hydrogen-bond acceptors (Lipinski definition) is 6. The molecular formula is C23H24N2O6S. The molecule has 0 radical (unpaired) electrons. The molecule has 0 bridgehead atoms. The molecule has 1 aliphatic rings. The maximum absolute atomic E-state index is 13.1. The molecule has 0 saturated carbocycles. The van der Waals surface area contributed by atoms with Crippen molar-refractivity contribution >= 4 is 32.7 Å². The quantitative estimate of drug-likeness (QED) is 0.452. The number of esters is 1. The number of nitrogens with zero attached hydrogens (tertiary/aromatic N) is 1. The summed E-state index contributed by atoms with van der Waals surface area (Å²) in [5, 5.41) is 0.745. The van der Waals surface area contributed by atoms with E-state index in [9.17, 15) is 18.0 Å². The predicted molar refractivity (Wildman–Crippen MR) is 118 cm³/mol. The van der Waals surface area contributed by atoms with Crippen molar-refractivity contribution in [1.82, 2.24) is 9.29 Å². The molecule has 3 aromatic rings. The Kier molecular flexibility index (Phi) is 6.14. The second-order valence-corrected chi connectivity index (χ2v) is 9.56. The van der Waals surface area contributed by atoms with Crippen LogP contribution in [0.15, 0.2) is 53.6 Å². The highest BCUT2D eigenvalue weighted by Crippen LogP contribution is 2.24. The number of aromatic nitrogens is 1. The lowest BCUT2D eigenvalue weighted by Crippen LogP contribution is -2.40. The molecule has 1 fully saturated rings. The smallest absolute Gasteiger partial charge is 0.338 e. The third-order valence-corrected chi connectivity index (χ3v) is 7.56. The molecule has 1 unspecified atom stereocenters. The molecular weight excluding hydrogens is 432 g/mol. The zero-order valence-electron chi connectivity index (χ0n) is 17.8. The first-order chi connectivity index (χ1) is 15.3. The van der Waals surface area contributed by atoms with E-state index < -0.39 is 22.1 Å². The summed E-state index contributed by atoms with van der Waals surface area (Å²) in [6, 6.07) is 11.7. The lowest BCUT2D eigenvalue weighted by Gasteiger charge is -2.26. The molecule has 1 saturated heterocycles. The first-order valence-electron chi connectivity index (χ1n) is 10.3. The number of sulfonamides is 1. The number of para-hydroxylation sites is 1. The minimum Gasteiger partial charge on any atom is -0.451 e. The average Bonchev–Trinajstić information content (AvgIpc) is 3.23. The Morgan fingerprint density at radius 2 is 1.84 bits per heavy atom. The standard InChI is InChI=1S/C23H24N2O6S/c1-15-7-8-17(13-21(15)32(28,29)25-9-11-30-12-10-25)23(27)31-16(2)22(26)19-14-24-20-6-4-3-5-18(19)20/h3-8,13-14,16,24H,9-12H2,1-2H3. The van der Waals surface area contributed by atoms with Crippen molar-refractivity contribution in [3.05, 3.63) is 65.4 Å². The number of hydrogen-bond donors (Lipinski definition) is 1. The Hall–Kier alpha value is -3.01. The van der Waals surface area contributed by atoms with Gasteiger partial charge < -0.3 is 14.5 Å². The van der Waals surface area contributed by atoms with Crippen LogP contribution in [0.25, 0.3) is 10.9 Å². The van der Waals surface area contributed by atoms with E-state index in [0.29, 0.717) is 24.3 Å². The first-order valence-corrected chi connectivity index (χ1v) is 11.7. The SMILES string of the molecule is Cc1ccc(C(=O)OC(C)C(=O)c2c[nH]c3ccccc23)cc1S(=O)(=O)N1CCOCC1. The van der Waals surface area contributed by atoms with E-state index in [4.69, 9.17) is 9.47 Å². The third-order valence-electron chi connectivity index (χ3n) is 5.52. The van der Waals surface area contributed by atoms with E-state index in [-0.39, 0.29) is 29.3 Å². The van der Waals surface area contributed by atoms with Gasteiger partial charge in [-0.15, -0.1) is 0 Å². The topological polar surface area (TPSA) is 106 Å². The Bertz CT molecular complexity index is 1270. The fraction of sp³-hybridized carbons (Fsp3) is 0.304. The number of morpholine rings is 1. The van der Waals surface area contributed by atoms with Gasteiger partial charge in [0.15, 0.2) is 6.10 Å². The number of carbonyl (C=O) groups excluding carboxylic acids is 2. The van der Waals surface area contributed by atoms with Gasteiger partial charge >= 0.3 is 5.97 Å². The van der Waals surface area contributed by atoms with Gasteiger partial charge in [-0.3, -0.25) is 4.79 Å². The molecule has 0 aliphatic carbocycles. The van der Waals surface area contributed by atoms with E-state index >= 15 is 0 Å². The molecule has 8 nitrogen and oxygen atoms in total. The van der Waals surface area contributed by atoms with Crippen LogP contribution in [-0.4, -0.2) is 61.9 Å². The number of aryl methyl sites for hydroxylation is 1. The van der Waals surface area contributed by atoms with Gasteiger partial charge in [0.25, 0.3) is 0 Å². The van der Waals surface area contributed by atoms with Gasteiger partial charge in [0.05, 0.1) is 23.7 Å². The van der Waals surface area contributed by atoms with Crippen molar-refractivity contribution < 1.29 is 27.5 Å². The third kappa shape index (κ3) is 4.19. The van der Waals surface area contributed by atoms with Gasteiger partial charge in [0.1, 0.15) is 0 Å². The second kappa shape index (κ2) is 8.85. The maximum atomic E-state index is 13.1. The van der Waals surface area contributed by atoms with Gasteiger partial charge in [0, 0.05) is 35.8 Å². The molecule has 32 heavy (non-hydrogen) atoms. The predicted octanol–water partition coefficient (Wildman–Crippen LogP) is 2.93. The molecule has 1 atom stereocenters. The molecule has 1 aromatic heterocycles. The number of nitrogens with one attached hydrogen (secondary N) is 1. The molecule has 168 valence electrons. The Labute approximate surface area is 186 Å². The fourth-order valence-electron chi connectivity index (χ4n) is 3.71. The molecule has 1 aliphatic heterocycles. The lowest BCUT2D eigenvalue weighted by atomic mass is 10.1. The van der Waals surface area contributed by atoms with Crippen molar-refractivity contribution in [3.8, 4) is 0 Å². The van der Waals surface area contributed by atoms with E-state index in [2.05, 4.69) is 4.98 Å². The van der Waals surface area contributed by atoms with Gasteiger partial charge in [-0.2, -0.15) is 4.31 Å². The molecule has 1 N–H and O–H groups in total. The number of rotatable bonds is 6. The molecule has 0 spiro atoms. The normalized spacial score (nSPS) is 16.1. The van der Waals surface area contributed by atoms with E-state index in [1.807, 2.05) is 24.3 Å². The highest BCUT2D eigenvalue weighted by Gasteiger charge is 2.29. The summed E-state index contributed by atoms with van der Waals surface area (Å²) in [5.41, 5.74) is 1.84. The number of ether oxygens (including phenoxy) is 2. The molecule has 9 heteroatoms. The number of aromatic amines is 1. The highest BCUT2D eigenvalue weighted by atomic mass is 32.2. The minimum atomic E-state index is -3.78. The summed E-state index contributed by atoms with van der Waals surface area (Å²) < 4.78 is 38.1. The van der Waals surface area contributed by atoms with Crippen molar-refractivity contribution in [2.24, 2.45) is 0 Å². The summed E-state index contributed by atoms with van der Waals surface area (Å²) in [4.78, 5) is 28.7. The fourth-order valence-corrected chi connectivity index (χ4v) is 5.37. The summed E-state index contributed by atoms with van der Waals surface area (Å²) in [5.74, 6) is -1.10. The van der Waals surface area contributed by atoms with Crippen LogP contribution in [0.3, 0.4) is 0 Å². The number of H-pyrrole nitrogens is 1. The highest BCUT2D eigenvalue weighted by molar-refractivity contribution is 7.89. The van der Waals surface area contributed by atoms with E-state index in [1.54, 1.807) is 19.2 Å². The zero-order chi connectivity index (χ0) is 22.9. The zero-order valence-corrected chi connectivity index (χ0v) is 18.6. The first kappa shape index (κ1) is 22.2. The van der Waals surface area contributed by atoms with Crippen LogP contribution in [0.1, 0.15) is 33.2 Å². The van der Waals surface area contributed by atoms with Crippen molar-refractivity contribution in [2.45, 2.75) is 24.8 Å². The van der Waals surface area contributed by atoms with Crippen LogP contribution in [0.2, 0.25) is 0 Å². The van der Waals surface area contributed by atoms with Crippen molar-refractivity contribution in [3.63, 3.8) is 0 Å². The number of ketones is 1. The van der Waals surface area contributed by atoms with Crippen LogP contribution in [-0.2, 0) is 19.5 Å². The summed E-state index contributed by atoms with van der Waals surface area (Å²) >= 11 is 0. The van der Waals surface area contributed by atoms with Crippen LogP contribution in [0.5, 0.6) is 0 Å². The number of carbonyl (C=O) groups is 2. The average molecular weight is 457 g/mol. The monoisotopic (exact) mass is 456 g/mol. The molecule has 2 aromatic carbocycles. The maximum Gasteiger partial charge on any atom is 0.338 e. The van der Waals surface area contributed by atoms with Gasteiger partial charge in [0.2, 0.25) is 15.8 Å². The van der Waals surface area contributed by atoms with Crippen molar-refractivity contribution in [1.29, 1.82) is 0 Å².